The fraction of sp³-hybridized carbons (Fsp3) is 0.667. The molecule has 4 heterocycles. The molecule has 1 N–H and O–H groups in total. The SMILES string of the molecule is O=c1[nH]c(CN2CCC(C3OCCO3)CC2)nc2sc3c(c12)CCC3. The largest absolute Gasteiger partial charge is 0.350 e. The summed E-state index contributed by atoms with van der Waals surface area (Å²) in [5.41, 5.74) is 1.29. The molecule has 0 bridgehead atoms. The third-order valence-corrected chi connectivity index (χ3v) is 6.85. The zero-order valence-corrected chi connectivity index (χ0v) is 15.1. The molecule has 0 aromatic carbocycles. The molecule has 5 rings (SSSR count). The van der Waals surface area contributed by atoms with E-state index < -0.39 is 0 Å². The van der Waals surface area contributed by atoms with Gasteiger partial charge in [-0.2, -0.15) is 0 Å². The first-order chi connectivity index (χ1) is 12.3. The Morgan fingerprint density at radius 3 is 2.80 bits per heavy atom. The van der Waals surface area contributed by atoms with E-state index in [-0.39, 0.29) is 11.8 Å². The van der Waals surface area contributed by atoms with E-state index >= 15 is 0 Å². The summed E-state index contributed by atoms with van der Waals surface area (Å²) in [6.45, 7) is 4.15. The van der Waals surface area contributed by atoms with E-state index in [0.29, 0.717) is 12.5 Å². The zero-order chi connectivity index (χ0) is 16.8. The lowest BCUT2D eigenvalue weighted by atomic mass is 9.96. The third-order valence-electron chi connectivity index (χ3n) is 5.66. The van der Waals surface area contributed by atoms with Crippen molar-refractivity contribution in [3.63, 3.8) is 0 Å². The number of aromatic amines is 1. The maximum absolute atomic E-state index is 12.5. The number of nitrogens with one attached hydrogen (secondary N) is 1. The Bertz CT molecular complexity index is 832. The van der Waals surface area contributed by atoms with Gasteiger partial charge in [-0.15, -0.1) is 11.3 Å². The molecule has 0 amide bonds. The Morgan fingerprint density at radius 1 is 1.20 bits per heavy atom. The Hall–Kier alpha value is -1.28. The van der Waals surface area contributed by atoms with Gasteiger partial charge in [0.05, 0.1) is 25.1 Å². The minimum atomic E-state index is -0.00932. The molecule has 25 heavy (non-hydrogen) atoms. The quantitative estimate of drug-likeness (QED) is 0.906. The molecule has 2 saturated heterocycles. The van der Waals surface area contributed by atoms with Crippen molar-refractivity contribution in [1.29, 1.82) is 0 Å². The van der Waals surface area contributed by atoms with Gasteiger partial charge in [-0.25, -0.2) is 4.98 Å². The third kappa shape index (κ3) is 2.93. The summed E-state index contributed by atoms with van der Waals surface area (Å²) in [4.78, 5) is 25.0. The number of aromatic nitrogens is 2. The molecule has 2 aliphatic heterocycles. The van der Waals surface area contributed by atoms with Gasteiger partial charge in [0, 0.05) is 10.8 Å². The molecule has 3 aliphatic rings. The summed E-state index contributed by atoms with van der Waals surface area (Å²) in [5.74, 6) is 1.29. The summed E-state index contributed by atoms with van der Waals surface area (Å²) < 4.78 is 11.3. The zero-order valence-electron chi connectivity index (χ0n) is 14.3. The average molecular weight is 361 g/mol. The molecule has 0 atom stereocenters. The van der Waals surface area contributed by atoms with Crippen molar-refractivity contribution >= 4 is 21.6 Å². The van der Waals surface area contributed by atoms with Crippen molar-refractivity contribution in [1.82, 2.24) is 14.9 Å². The van der Waals surface area contributed by atoms with Crippen molar-refractivity contribution in [2.24, 2.45) is 5.92 Å². The van der Waals surface area contributed by atoms with Crippen LogP contribution < -0.4 is 5.56 Å². The number of thiophene rings is 1. The van der Waals surface area contributed by atoms with Crippen LogP contribution >= 0.6 is 11.3 Å². The standard InChI is InChI=1S/C18H23N3O3S/c22-16-15-12-2-1-3-13(12)25-17(15)20-14(19-16)10-21-6-4-11(5-7-21)18-23-8-9-24-18/h11,18H,1-10H2,(H,19,20,22). The normalized spacial score (nSPS) is 22.9. The summed E-state index contributed by atoms with van der Waals surface area (Å²) >= 11 is 1.71. The van der Waals surface area contributed by atoms with Gasteiger partial charge < -0.3 is 14.5 Å². The highest BCUT2D eigenvalue weighted by Crippen LogP contribution is 2.34. The Labute approximate surface area is 150 Å². The second-order valence-electron chi connectivity index (χ2n) is 7.27. The maximum atomic E-state index is 12.5. The highest BCUT2D eigenvalue weighted by atomic mass is 32.1. The van der Waals surface area contributed by atoms with E-state index in [1.54, 1.807) is 11.3 Å². The van der Waals surface area contributed by atoms with Gasteiger partial charge in [-0.05, 0) is 50.8 Å². The van der Waals surface area contributed by atoms with Gasteiger partial charge in [0.25, 0.3) is 5.56 Å². The van der Waals surface area contributed by atoms with Gasteiger partial charge in [-0.3, -0.25) is 9.69 Å². The van der Waals surface area contributed by atoms with Gasteiger partial charge in [-0.1, -0.05) is 0 Å². The first-order valence-electron chi connectivity index (χ1n) is 9.27. The smallest absolute Gasteiger partial charge is 0.259 e. The first kappa shape index (κ1) is 15.9. The molecule has 2 fully saturated rings. The number of likely N-dealkylation sites (tertiary alicyclic amines) is 1. The molecule has 0 spiro atoms. The molecule has 6 nitrogen and oxygen atoms in total. The number of aryl methyl sites for hydroxylation is 2. The molecule has 0 unspecified atom stereocenters. The minimum absolute atomic E-state index is 0.00932. The number of nitrogens with zero attached hydrogens (tertiary/aromatic N) is 2. The monoisotopic (exact) mass is 361 g/mol. The topological polar surface area (TPSA) is 67.5 Å². The number of hydrogen-bond acceptors (Lipinski definition) is 6. The van der Waals surface area contributed by atoms with Crippen LogP contribution in [-0.2, 0) is 28.9 Å². The molecule has 7 heteroatoms. The van der Waals surface area contributed by atoms with Gasteiger partial charge >= 0.3 is 0 Å². The average Bonchev–Trinajstić information content (AvgIpc) is 3.32. The van der Waals surface area contributed by atoms with Crippen LogP contribution in [0.4, 0.5) is 0 Å². The summed E-state index contributed by atoms with van der Waals surface area (Å²) in [5, 5.41) is 0.843. The summed E-state index contributed by atoms with van der Waals surface area (Å²) in [6.07, 6.45) is 5.43. The number of hydrogen-bond donors (Lipinski definition) is 1. The molecule has 2 aromatic rings. The molecule has 0 radical (unpaired) electrons. The maximum Gasteiger partial charge on any atom is 0.259 e. The van der Waals surface area contributed by atoms with Crippen LogP contribution in [-0.4, -0.2) is 47.5 Å². The lowest BCUT2D eigenvalue weighted by molar-refractivity contribution is -0.0978. The van der Waals surface area contributed by atoms with Crippen LogP contribution in [0.1, 0.15) is 35.5 Å². The number of H-pyrrole nitrogens is 1. The van der Waals surface area contributed by atoms with Gasteiger partial charge in [0.1, 0.15) is 10.7 Å². The van der Waals surface area contributed by atoms with Crippen molar-refractivity contribution < 1.29 is 9.47 Å². The summed E-state index contributed by atoms with van der Waals surface area (Å²) in [7, 11) is 0. The van der Waals surface area contributed by atoms with Crippen LogP contribution in [0.25, 0.3) is 10.2 Å². The van der Waals surface area contributed by atoms with E-state index in [1.165, 1.54) is 16.9 Å². The highest BCUT2D eigenvalue weighted by molar-refractivity contribution is 7.18. The van der Waals surface area contributed by atoms with Gasteiger partial charge in [0.2, 0.25) is 0 Å². The van der Waals surface area contributed by atoms with E-state index in [0.717, 1.165) is 68.0 Å². The van der Waals surface area contributed by atoms with Crippen LogP contribution in [0.15, 0.2) is 4.79 Å². The summed E-state index contributed by atoms with van der Waals surface area (Å²) in [6, 6.07) is 0. The van der Waals surface area contributed by atoms with Crippen molar-refractivity contribution in [3.05, 3.63) is 26.6 Å². The first-order valence-corrected chi connectivity index (χ1v) is 10.1. The molecule has 2 aromatic heterocycles. The van der Waals surface area contributed by atoms with Crippen molar-refractivity contribution in [3.8, 4) is 0 Å². The van der Waals surface area contributed by atoms with Crippen LogP contribution in [0.3, 0.4) is 0 Å². The van der Waals surface area contributed by atoms with Gasteiger partial charge in [0.15, 0.2) is 6.29 Å². The second-order valence-corrected chi connectivity index (χ2v) is 8.36. The Kier molecular flexibility index (Phi) is 4.12. The molecular weight excluding hydrogens is 338 g/mol. The fourth-order valence-electron chi connectivity index (χ4n) is 4.37. The second kappa shape index (κ2) is 6.46. The van der Waals surface area contributed by atoms with Crippen LogP contribution in [0, 0.1) is 5.92 Å². The Balaban J connectivity index is 1.29. The molecule has 134 valence electrons. The molecule has 1 aliphatic carbocycles. The Morgan fingerprint density at radius 2 is 2.00 bits per heavy atom. The molecule has 0 saturated carbocycles. The van der Waals surface area contributed by atoms with Crippen molar-refractivity contribution in [2.75, 3.05) is 26.3 Å². The predicted molar refractivity (Wildman–Crippen MR) is 96.0 cm³/mol. The molecular formula is C18H23N3O3S. The van der Waals surface area contributed by atoms with Crippen LogP contribution in [0.2, 0.25) is 0 Å². The fourth-order valence-corrected chi connectivity index (χ4v) is 5.65. The number of ether oxygens (including phenoxy) is 2. The lowest BCUT2D eigenvalue weighted by Crippen LogP contribution is -2.38. The highest BCUT2D eigenvalue weighted by Gasteiger charge is 2.30. The number of piperidine rings is 1. The van der Waals surface area contributed by atoms with Crippen LogP contribution in [0.5, 0.6) is 0 Å². The van der Waals surface area contributed by atoms with E-state index in [4.69, 9.17) is 14.5 Å². The predicted octanol–water partition coefficient (Wildman–Crippen LogP) is 2.06. The number of fused-ring (bicyclic) bond motifs is 3. The van der Waals surface area contributed by atoms with E-state index in [2.05, 4.69) is 9.88 Å². The minimum Gasteiger partial charge on any atom is -0.350 e. The van der Waals surface area contributed by atoms with E-state index in [1.807, 2.05) is 0 Å². The lowest BCUT2D eigenvalue weighted by Gasteiger charge is -2.33. The number of rotatable bonds is 3. The van der Waals surface area contributed by atoms with E-state index in [9.17, 15) is 4.79 Å². The van der Waals surface area contributed by atoms with Crippen molar-refractivity contribution in [2.45, 2.75) is 44.9 Å².